The standard InChI is InChI=1S/C10H20O2S2/c1-7-3-4-9(6-10(7)13)5-8(2)14(11)12/h7-10,13H,3-6H2,1-2H3,(H,11,12)/p-1. The molecule has 1 saturated carbocycles. The van der Waals surface area contributed by atoms with E-state index >= 15 is 0 Å². The fourth-order valence-electron chi connectivity index (χ4n) is 2.14. The van der Waals surface area contributed by atoms with Crippen molar-refractivity contribution in [3.05, 3.63) is 0 Å². The van der Waals surface area contributed by atoms with Gasteiger partial charge in [0.15, 0.2) is 0 Å². The summed E-state index contributed by atoms with van der Waals surface area (Å²) in [6.45, 7) is 4.01. The molecule has 0 radical (unpaired) electrons. The highest BCUT2D eigenvalue weighted by atomic mass is 32.2. The highest BCUT2D eigenvalue weighted by Gasteiger charge is 2.26. The highest BCUT2D eigenvalue weighted by molar-refractivity contribution is 7.81. The Morgan fingerprint density at radius 3 is 2.71 bits per heavy atom. The van der Waals surface area contributed by atoms with Gasteiger partial charge in [0.1, 0.15) is 0 Å². The minimum atomic E-state index is -1.91. The van der Waals surface area contributed by atoms with E-state index in [0.29, 0.717) is 17.1 Å². The average molecular weight is 235 g/mol. The lowest BCUT2D eigenvalue weighted by Gasteiger charge is -2.33. The lowest BCUT2D eigenvalue weighted by Crippen LogP contribution is -2.26. The first kappa shape index (κ1) is 12.5. The van der Waals surface area contributed by atoms with Crippen molar-refractivity contribution in [2.75, 3.05) is 0 Å². The van der Waals surface area contributed by atoms with E-state index < -0.39 is 11.1 Å². The molecule has 1 aliphatic carbocycles. The molecule has 0 amide bonds. The molecule has 1 aliphatic rings. The number of hydrogen-bond donors (Lipinski definition) is 1. The summed E-state index contributed by atoms with van der Waals surface area (Å²) in [5.41, 5.74) is 0. The van der Waals surface area contributed by atoms with Crippen molar-refractivity contribution in [2.24, 2.45) is 11.8 Å². The maximum Gasteiger partial charge on any atom is 0.0190 e. The zero-order valence-corrected chi connectivity index (χ0v) is 10.5. The average Bonchev–Trinajstić information content (AvgIpc) is 2.11. The van der Waals surface area contributed by atoms with Gasteiger partial charge in [-0.05, 0) is 31.1 Å². The van der Waals surface area contributed by atoms with Gasteiger partial charge in [0.2, 0.25) is 0 Å². The van der Waals surface area contributed by atoms with Crippen molar-refractivity contribution < 1.29 is 8.76 Å². The zero-order chi connectivity index (χ0) is 10.7. The zero-order valence-electron chi connectivity index (χ0n) is 8.81. The van der Waals surface area contributed by atoms with E-state index in [4.69, 9.17) is 0 Å². The molecule has 1 fully saturated rings. The number of thiol groups is 1. The van der Waals surface area contributed by atoms with Crippen molar-refractivity contribution in [3.8, 4) is 0 Å². The molecule has 1 rings (SSSR count). The largest absolute Gasteiger partial charge is 0.772 e. The van der Waals surface area contributed by atoms with Crippen molar-refractivity contribution in [1.29, 1.82) is 0 Å². The summed E-state index contributed by atoms with van der Waals surface area (Å²) in [6.07, 6.45) is 4.24. The van der Waals surface area contributed by atoms with E-state index in [1.807, 2.05) is 0 Å². The third-order valence-corrected chi connectivity index (χ3v) is 4.83. The minimum Gasteiger partial charge on any atom is -0.772 e. The lowest BCUT2D eigenvalue weighted by molar-refractivity contribution is 0.285. The Hall–Kier alpha value is 0.460. The SMILES string of the molecule is CC1CCC(CC(C)S(=O)[O-])CC1S. The second kappa shape index (κ2) is 5.52. The van der Waals surface area contributed by atoms with Crippen LogP contribution in [0.25, 0.3) is 0 Å². The number of rotatable bonds is 3. The molecule has 84 valence electrons. The molecule has 14 heavy (non-hydrogen) atoms. The van der Waals surface area contributed by atoms with E-state index in [2.05, 4.69) is 19.6 Å². The van der Waals surface area contributed by atoms with Crippen molar-refractivity contribution in [2.45, 2.75) is 50.0 Å². The summed E-state index contributed by atoms with van der Waals surface area (Å²) >= 11 is 2.63. The van der Waals surface area contributed by atoms with Crippen LogP contribution >= 0.6 is 12.6 Å². The van der Waals surface area contributed by atoms with E-state index in [1.165, 1.54) is 12.8 Å². The van der Waals surface area contributed by atoms with Gasteiger partial charge in [-0.2, -0.15) is 12.6 Å². The van der Waals surface area contributed by atoms with Crippen LogP contribution in [0, 0.1) is 11.8 Å². The summed E-state index contributed by atoms with van der Waals surface area (Å²) < 4.78 is 21.4. The summed E-state index contributed by atoms with van der Waals surface area (Å²) in [7, 11) is 0. The van der Waals surface area contributed by atoms with Crippen LogP contribution < -0.4 is 0 Å². The van der Waals surface area contributed by atoms with Gasteiger partial charge in [0.05, 0.1) is 0 Å². The molecule has 5 atom stereocenters. The van der Waals surface area contributed by atoms with Gasteiger partial charge < -0.3 is 4.55 Å². The molecule has 0 saturated heterocycles. The first-order chi connectivity index (χ1) is 6.50. The molecule has 0 aromatic carbocycles. The van der Waals surface area contributed by atoms with Crippen LogP contribution in [-0.4, -0.2) is 19.3 Å². The quantitative estimate of drug-likeness (QED) is 0.602. The molecule has 0 spiro atoms. The van der Waals surface area contributed by atoms with Gasteiger partial charge in [-0.25, -0.2) is 0 Å². The number of hydrogen-bond acceptors (Lipinski definition) is 3. The summed E-state index contributed by atoms with van der Waals surface area (Å²) in [6, 6.07) is 0. The Balaban J connectivity index is 2.36. The van der Waals surface area contributed by atoms with Gasteiger partial charge >= 0.3 is 0 Å². The van der Waals surface area contributed by atoms with Crippen LogP contribution in [0.2, 0.25) is 0 Å². The third kappa shape index (κ3) is 3.55. The fourth-order valence-corrected chi connectivity index (χ4v) is 3.02. The van der Waals surface area contributed by atoms with Crippen LogP contribution in [0.1, 0.15) is 39.5 Å². The highest BCUT2D eigenvalue weighted by Crippen LogP contribution is 2.34. The third-order valence-electron chi connectivity index (χ3n) is 3.26. The Morgan fingerprint density at radius 2 is 2.21 bits per heavy atom. The second-order valence-corrected chi connectivity index (χ2v) is 6.52. The topological polar surface area (TPSA) is 40.1 Å². The van der Waals surface area contributed by atoms with E-state index in [-0.39, 0.29) is 5.25 Å². The predicted octanol–water partition coefficient (Wildman–Crippen LogP) is 2.38. The van der Waals surface area contributed by atoms with Gasteiger partial charge in [-0.3, -0.25) is 4.21 Å². The van der Waals surface area contributed by atoms with Crippen molar-refractivity contribution >= 4 is 23.7 Å². The molecule has 0 heterocycles. The Bertz CT molecular complexity index is 208. The van der Waals surface area contributed by atoms with E-state index in [9.17, 15) is 8.76 Å². The molecular weight excluding hydrogens is 216 g/mol. The molecule has 0 aromatic heterocycles. The van der Waals surface area contributed by atoms with Gasteiger partial charge in [0.25, 0.3) is 0 Å². The molecule has 2 nitrogen and oxygen atoms in total. The van der Waals surface area contributed by atoms with Gasteiger partial charge in [-0.1, -0.05) is 31.3 Å². The summed E-state index contributed by atoms with van der Waals surface area (Å²) in [5.74, 6) is 1.24. The van der Waals surface area contributed by atoms with Gasteiger partial charge in [0, 0.05) is 10.5 Å². The van der Waals surface area contributed by atoms with Crippen LogP contribution in [0.15, 0.2) is 0 Å². The molecule has 4 heteroatoms. The van der Waals surface area contributed by atoms with Gasteiger partial charge in [-0.15, -0.1) is 0 Å². The molecule has 0 aromatic rings. The predicted molar refractivity (Wildman–Crippen MR) is 62.3 cm³/mol. The first-order valence-electron chi connectivity index (χ1n) is 5.26. The normalized spacial score (nSPS) is 37.9. The van der Waals surface area contributed by atoms with Crippen LogP contribution in [0.5, 0.6) is 0 Å². The fraction of sp³-hybridized carbons (Fsp3) is 1.00. The maximum atomic E-state index is 10.7. The molecule has 0 N–H and O–H groups in total. The minimum absolute atomic E-state index is 0.200. The van der Waals surface area contributed by atoms with Crippen LogP contribution in [0.4, 0.5) is 0 Å². The van der Waals surface area contributed by atoms with Crippen molar-refractivity contribution in [1.82, 2.24) is 0 Å². The molecule has 0 aliphatic heterocycles. The maximum absolute atomic E-state index is 10.7. The Labute approximate surface area is 94.6 Å². The molecule has 0 bridgehead atoms. The summed E-state index contributed by atoms with van der Waals surface area (Å²) in [4.78, 5) is 0. The Morgan fingerprint density at radius 1 is 1.57 bits per heavy atom. The smallest absolute Gasteiger partial charge is 0.0190 e. The first-order valence-corrected chi connectivity index (χ1v) is 6.92. The molecular formula is C10H19O2S2-. The Kier molecular flexibility index (Phi) is 4.94. The lowest BCUT2D eigenvalue weighted by atomic mass is 9.80. The molecule has 5 unspecified atom stereocenters. The van der Waals surface area contributed by atoms with Crippen LogP contribution in [-0.2, 0) is 11.1 Å². The van der Waals surface area contributed by atoms with Crippen LogP contribution in [0.3, 0.4) is 0 Å². The summed E-state index contributed by atoms with van der Waals surface area (Å²) in [5, 5.41) is 0.259. The monoisotopic (exact) mass is 235 g/mol. The van der Waals surface area contributed by atoms with E-state index in [1.54, 1.807) is 6.92 Å². The van der Waals surface area contributed by atoms with Crippen molar-refractivity contribution in [3.63, 3.8) is 0 Å². The van der Waals surface area contributed by atoms with E-state index in [0.717, 1.165) is 12.8 Å². The second-order valence-electron chi connectivity index (χ2n) is 4.53.